The molecule has 2 heteroatoms. The van der Waals surface area contributed by atoms with Gasteiger partial charge in [-0.05, 0) is 19.8 Å². The first-order valence-electron chi connectivity index (χ1n) is 4.08. The van der Waals surface area contributed by atoms with Gasteiger partial charge in [-0.25, -0.2) is 0 Å². The van der Waals surface area contributed by atoms with E-state index in [0.29, 0.717) is 0 Å². The van der Waals surface area contributed by atoms with E-state index in [4.69, 9.17) is 5.11 Å². The van der Waals surface area contributed by atoms with Crippen molar-refractivity contribution in [1.82, 2.24) is 0 Å². The smallest absolute Gasteiger partial charge is 0.313 e. The second kappa shape index (κ2) is 2.77. The number of carbonyl (C=O) groups is 1. The van der Waals surface area contributed by atoms with Crippen LogP contribution in [-0.4, -0.2) is 11.1 Å². The van der Waals surface area contributed by atoms with E-state index in [1.807, 2.05) is 32.1 Å². The zero-order chi connectivity index (χ0) is 9.35. The molecule has 66 valence electrons. The van der Waals surface area contributed by atoms with Gasteiger partial charge in [-0.3, -0.25) is 4.79 Å². The van der Waals surface area contributed by atoms with E-state index in [1.54, 1.807) is 6.92 Å². The Morgan fingerprint density at radius 1 is 1.67 bits per heavy atom. The minimum Gasteiger partial charge on any atom is -0.481 e. The van der Waals surface area contributed by atoms with Crippen molar-refractivity contribution in [2.24, 2.45) is 11.3 Å². The first-order chi connectivity index (χ1) is 5.47. The number of rotatable bonds is 1. The Morgan fingerprint density at radius 2 is 2.25 bits per heavy atom. The maximum Gasteiger partial charge on any atom is 0.313 e. The SMILES string of the molecule is CC1=CC(C)(C(=O)O)C(C)C=C1. The summed E-state index contributed by atoms with van der Waals surface area (Å²) in [4.78, 5) is 11.0. The molecule has 0 bridgehead atoms. The molecular formula is C10H14O2. The van der Waals surface area contributed by atoms with Crippen molar-refractivity contribution in [2.75, 3.05) is 0 Å². The monoisotopic (exact) mass is 166 g/mol. The van der Waals surface area contributed by atoms with Crippen LogP contribution in [0.1, 0.15) is 20.8 Å². The molecule has 2 atom stereocenters. The van der Waals surface area contributed by atoms with Crippen molar-refractivity contribution in [2.45, 2.75) is 20.8 Å². The van der Waals surface area contributed by atoms with Crippen molar-refractivity contribution in [3.05, 3.63) is 23.8 Å². The minimum absolute atomic E-state index is 0.0682. The molecule has 0 heterocycles. The van der Waals surface area contributed by atoms with Crippen LogP contribution in [-0.2, 0) is 4.79 Å². The van der Waals surface area contributed by atoms with Crippen LogP contribution in [0.15, 0.2) is 23.8 Å². The van der Waals surface area contributed by atoms with Gasteiger partial charge < -0.3 is 5.11 Å². The summed E-state index contributed by atoms with van der Waals surface area (Å²) in [5.74, 6) is -0.683. The molecule has 1 rings (SSSR count). The predicted octanol–water partition coefficient (Wildman–Crippen LogP) is 2.23. The Hall–Kier alpha value is -1.05. The Balaban J connectivity index is 3.05. The van der Waals surface area contributed by atoms with Gasteiger partial charge in [0.15, 0.2) is 0 Å². The summed E-state index contributed by atoms with van der Waals surface area (Å²) in [7, 11) is 0. The summed E-state index contributed by atoms with van der Waals surface area (Å²) in [6.07, 6.45) is 5.73. The highest BCUT2D eigenvalue weighted by molar-refractivity contribution is 5.78. The fourth-order valence-corrected chi connectivity index (χ4v) is 1.41. The van der Waals surface area contributed by atoms with Crippen molar-refractivity contribution in [3.8, 4) is 0 Å². The van der Waals surface area contributed by atoms with Crippen LogP contribution in [0.5, 0.6) is 0 Å². The third-order valence-electron chi connectivity index (χ3n) is 2.58. The summed E-state index contributed by atoms with van der Waals surface area (Å²) in [6.45, 7) is 5.60. The summed E-state index contributed by atoms with van der Waals surface area (Å²) < 4.78 is 0. The quantitative estimate of drug-likeness (QED) is 0.648. The van der Waals surface area contributed by atoms with E-state index in [0.717, 1.165) is 5.57 Å². The average Bonchev–Trinajstić information content (AvgIpc) is 1.97. The zero-order valence-electron chi connectivity index (χ0n) is 7.66. The van der Waals surface area contributed by atoms with Crippen LogP contribution in [0, 0.1) is 11.3 Å². The van der Waals surface area contributed by atoms with Gasteiger partial charge in [0.2, 0.25) is 0 Å². The van der Waals surface area contributed by atoms with Gasteiger partial charge in [-0.2, -0.15) is 0 Å². The maximum absolute atomic E-state index is 11.0. The maximum atomic E-state index is 11.0. The topological polar surface area (TPSA) is 37.3 Å². The van der Waals surface area contributed by atoms with Gasteiger partial charge in [0.25, 0.3) is 0 Å². The van der Waals surface area contributed by atoms with E-state index in [1.165, 1.54) is 0 Å². The Labute approximate surface area is 72.6 Å². The van der Waals surface area contributed by atoms with E-state index in [2.05, 4.69) is 0 Å². The predicted molar refractivity (Wildman–Crippen MR) is 47.8 cm³/mol. The standard InChI is InChI=1S/C10H14O2/c1-7-4-5-8(2)10(3,6-7)9(11)12/h4-6,8H,1-3H3,(H,11,12). The second-order valence-corrected chi connectivity index (χ2v) is 3.62. The zero-order valence-corrected chi connectivity index (χ0v) is 7.66. The molecule has 1 N–H and O–H groups in total. The molecule has 2 unspecified atom stereocenters. The van der Waals surface area contributed by atoms with Gasteiger partial charge in [-0.15, -0.1) is 0 Å². The second-order valence-electron chi connectivity index (χ2n) is 3.62. The fraction of sp³-hybridized carbons (Fsp3) is 0.500. The van der Waals surface area contributed by atoms with Crippen LogP contribution >= 0.6 is 0 Å². The van der Waals surface area contributed by atoms with Crippen molar-refractivity contribution in [3.63, 3.8) is 0 Å². The van der Waals surface area contributed by atoms with Crippen LogP contribution in [0.4, 0.5) is 0 Å². The highest BCUT2D eigenvalue weighted by Gasteiger charge is 2.36. The lowest BCUT2D eigenvalue weighted by Gasteiger charge is -2.29. The number of allylic oxidation sites excluding steroid dienone is 3. The van der Waals surface area contributed by atoms with Crippen LogP contribution in [0.3, 0.4) is 0 Å². The van der Waals surface area contributed by atoms with E-state index in [9.17, 15) is 4.79 Å². The molecule has 1 aliphatic carbocycles. The lowest BCUT2D eigenvalue weighted by Crippen LogP contribution is -2.33. The van der Waals surface area contributed by atoms with Crippen molar-refractivity contribution >= 4 is 5.97 Å². The van der Waals surface area contributed by atoms with Gasteiger partial charge in [0, 0.05) is 0 Å². The molecular weight excluding hydrogens is 152 g/mol. The Morgan fingerprint density at radius 3 is 2.67 bits per heavy atom. The normalized spacial score (nSPS) is 34.6. The van der Waals surface area contributed by atoms with Gasteiger partial charge >= 0.3 is 5.97 Å². The lowest BCUT2D eigenvalue weighted by molar-refractivity contribution is -0.146. The average molecular weight is 166 g/mol. The number of carboxylic acid groups (broad SMARTS) is 1. The molecule has 1 aliphatic rings. The van der Waals surface area contributed by atoms with E-state index < -0.39 is 11.4 Å². The first-order valence-corrected chi connectivity index (χ1v) is 4.08. The van der Waals surface area contributed by atoms with Crippen molar-refractivity contribution in [1.29, 1.82) is 0 Å². The number of hydrogen-bond donors (Lipinski definition) is 1. The Bertz CT molecular complexity index is 263. The minimum atomic E-state index is -0.751. The number of aliphatic carboxylic acids is 1. The molecule has 0 fully saturated rings. The van der Waals surface area contributed by atoms with Gasteiger partial charge in [0.05, 0.1) is 5.41 Å². The molecule has 0 spiro atoms. The summed E-state index contributed by atoms with van der Waals surface area (Å²) in [6, 6.07) is 0. The van der Waals surface area contributed by atoms with Crippen molar-refractivity contribution < 1.29 is 9.90 Å². The first kappa shape index (κ1) is 9.04. The molecule has 12 heavy (non-hydrogen) atoms. The highest BCUT2D eigenvalue weighted by atomic mass is 16.4. The molecule has 0 aliphatic heterocycles. The third-order valence-corrected chi connectivity index (χ3v) is 2.58. The van der Waals surface area contributed by atoms with E-state index >= 15 is 0 Å². The summed E-state index contributed by atoms with van der Waals surface area (Å²) in [5, 5.41) is 9.01. The molecule has 0 saturated carbocycles. The van der Waals surface area contributed by atoms with Crippen LogP contribution < -0.4 is 0 Å². The lowest BCUT2D eigenvalue weighted by atomic mass is 9.74. The van der Waals surface area contributed by atoms with Crippen LogP contribution in [0.25, 0.3) is 0 Å². The van der Waals surface area contributed by atoms with Gasteiger partial charge in [-0.1, -0.05) is 30.7 Å². The molecule has 0 aromatic heterocycles. The molecule has 0 aromatic carbocycles. The summed E-state index contributed by atoms with van der Waals surface area (Å²) >= 11 is 0. The number of hydrogen-bond acceptors (Lipinski definition) is 1. The molecule has 2 nitrogen and oxygen atoms in total. The van der Waals surface area contributed by atoms with Crippen LogP contribution in [0.2, 0.25) is 0 Å². The third kappa shape index (κ3) is 1.29. The molecule has 0 amide bonds. The molecule has 0 radical (unpaired) electrons. The fourth-order valence-electron chi connectivity index (χ4n) is 1.41. The number of carboxylic acids is 1. The van der Waals surface area contributed by atoms with Gasteiger partial charge in [0.1, 0.15) is 0 Å². The molecule has 0 saturated heterocycles. The summed E-state index contributed by atoms with van der Waals surface area (Å²) in [5.41, 5.74) is 0.303. The molecule has 0 aromatic rings. The van der Waals surface area contributed by atoms with E-state index in [-0.39, 0.29) is 5.92 Å². The Kier molecular flexibility index (Phi) is 2.09. The highest BCUT2D eigenvalue weighted by Crippen LogP contribution is 2.34. The largest absolute Gasteiger partial charge is 0.481 e.